The van der Waals surface area contributed by atoms with Crippen LogP contribution in [0.25, 0.3) is 0 Å². The van der Waals surface area contributed by atoms with Crippen molar-refractivity contribution in [2.24, 2.45) is 0 Å². The van der Waals surface area contributed by atoms with E-state index in [1.54, 1.807) is 0 Å². The standard InChI is InChI=1S/C19H34N6.2CH2O2/c1-19(2,25-12-10-24(5)11-13-25)14-20-17-15-8-6-7-9-16(15)21-18(22-17)23(3)4;2*2-1-3/h6-14H2,1-5H3,(H,20,21,22);2*1H,(H,2,3). The molecular formula is C21H38N6O4. The highest BCUT2D eigenvalue weighted by Crippen LogP contribution is 2.28. The molecule has 0 radical (unpaired) electrons. The Morgan fingerprint density at radius 2 is 1.58 bits per heavy atom. The molecule has 10 nitrogen and oxygen atoms in total. The number of carboxylic acid groups (broad SMARTS) is 2. The number of piperazine rings is 1. The van der Waals surface area contributed by atoms with Gasteiger partial charge in [0.2, 0.25) is 5.95 Å². The first kappa shape index (κ1) is 26.6. The summed E-state index contributed by atoms with van der Waals surface area (Å²) in [6.07, 6.45) is 4.66. The van der Waals surface area contributed by atoms with Crippen molar-refractivity contribution in [2.75, 3.05) is 64.1 Å². The second-order valence-corrected chi connectivity index (χ2v) is 8.57. The van der Waals surface area contributed by atoms with E-state index in [1.807, 2.05) is 19.0 Å². The first-order valence-corrected chi connectivity index (χ1v) is 10.6. The van der Waals surface area contributed by atoms with Gasteiger partial charge in [-0.05, 0) is 46.6 Å². The van der Waals surface area contributed by atoms with Crippen LogP contribution in [0, 0.1) is 0 Å². The van der Waals surface area contributed by atoms with Gasteiger partial charge in [-0.15, -0.1) is 0 Å². The fourth-order valence-corrected chi connectivity index (χ4v) is 3.75. The number of aryl methyl sites for hydroxylation is 1. The van der Waals surface area contributed by atoms with E-state index in [9.17, 15) is 0 Å². The van der Waals surface area contributed by atoms with Crippen molar-refractivity contribution in [3.05, 3.63) is 11.3 Å². The molecule has 0 atom stereocenters. The molecule has 1 aliphatic heterocycles. The summed E-state index contributed by atoms with van der Waals surface area (Å²) in [5.41, 5.74) is 2.70. The van der Waals surface area contributed by atoms with Crippen molar-refractivity contribution in [2.45, 2.75) is 45.1 Å². The number of rotatable bonds is 5. The van der Waals surface area contributed by atoms with Crippen molar-refractivity contribution >= 4 is 24.7 Å². The molecule has 2 aliphatic rings. The summed E-state index contributed by atoms with van der Waals surface area (Å²) in [7, 11) is 6.24. The van der Waals surface area contributed by atoms with Gasteiger partial charge in [-0.2, -0.15) is 4.98 Å². The van der Waals surface area contributed by atoms with Gasteiger partial charge in [0.05, 0.1) is 5.69 Å². The number of hydrogen-bond donors (Lipinski definition) is 3. The van der Waals surface area contributed by atoms with E-state index in [1.165, 1.54) is 24.1 Å². The first-order chi connectivity index (χ1) is 14.7. The molecule has 31 heavy (non-hydrogen) atoms. The molecule has 3 N–H and O–H groups in total. The van der Waals surface area contributed by atoms with Crippen LogP contribution >= 0.6 is 0 Å². The molecule has 176 valence electrons. The molecule has 0 saturated carbocycles. The van der Waals surface area contributed by atoms with Crippen LogP contribution in [0.1, 0.15) is 37.9 Å². The van der Waals surface area contributed by atoms with Gasteiger partial charge in [-0.1, -0.05) is 0 Å². The van der Waals surface area contributed by atoms with Crippen molar-refractivity contribution in [3.8, 4) is 0 Å². The maximum atomic E-state index is 8.36. The number of anilines is 2. The lowest BCUT2D eigenvalue weighted by Crippen LogP contribution is -2.56. The summed E-state index contributed by atoms with van der Waals surface area (Å²) in [5, 5.41) is 17.5. The summed E-state index contributed by atoms with van der Waals surface area (Å²) >= 11 is 0. The highest BCUT2D eigenvalue weighted by Gasteiger charge is 2.29. The van der Waals surface area contributed by atoms with Crippen molar-refractivity contribution < 1.29 is 19.8 Å². The normalized spacial score (nSPS) is 16.5. The Kier molecular flexibility index (Phi) is 11.2. The minimum Gasteiger partial charge on any atom is -0.483 e. The Balaban J connectivity index is 0.000000720. The summed E-state index contributed by atoms with van der Waals surface area (Å²) < 4.78 is 0. The predicted molar refractivity (Wildman–Crippen MR) is 122 cm³/mol. The number of hydrogen-bond acceptors (Lipinski definition) is 8. The van der Waals surface area contributed by atoms with Crippen LogP contribution in [0.2, 0.25) is 0 Å². The minimum absolute atomic E-state index is 0.117. The van der Waals surface area contributed by atoms with Gasteiger partial charge >= 0.3 is 0 Å². The number of carbonyl (C=O) groups is 2. The fraction of sp³-hybridized carbons (Fsp3) is 0.714. The van der Waals surface area contributed by atoms with Crippen LogP contribution in [0.15, 0.2) is 0 Å². The van der Waals surface area contributed by atoms with Gasteiger partial charge in [0.1, 0.15) is 5.82 Å². The number of nitrogens with zero attached hydrogens (tertiary/aromatic N) is 5. The van der Waals surface area contributed by atoms with Gasteiger partial charge in [0.15, 0.2) is 0 Å². The van der Waals surface area contributed by atoms with E-state index >= 15 is 0 Å². The second kappa shape index (κ2) is 13.1. The number of likely N-dealkylation sites (N-methyl/N-ethyl adjacent to an activating group) is 1. The Morgan fingerprint density at radius 1 is 1.03 bits per heavy atom. The quantitative estimate of drug-likeness (QED) is 0.579. The van der Waals surface area contributed by atoms with Gasteiger partial charge in [0, 0.05) is 57.9 Å². The Hall–Kier alpha value is -2.46. The van der Waals surface area contributed by atoms with Crippen LogP contribution in [0.5, 0.6) is 0 Å². The monoisotopic (exact) mass is 438 g/mol. The van der Waals surface area contributed by atoms with Crippen LogP contribution in [-0.4, -0.2) is 102 Å². The molecule has 1 aliphatic carbocycles. The van der Waals surface area contributed by atoms with Gasteiger partial charge in [0.25, 0.3) is 12.9 Å². The molecule has 0 bridgehead atoms. The largest absolute Gasteiger partial charge is 0.483 e. The van der Waals surface area contributed by atoms with Crippen LogP contribution in [0.3, 0.4) is 0 Å². The van der Waals surface area contributed by atoms with Gasteiger partial charge < -0.3 is 25.3 Å². The average Bonchev–Trinajstić information content (AvgIpc) is 2.73. The Labute approximate surface area is 185 Å². The maximum Gasteiger partial charge on any atom is 0.290 e. The maximum absolute atomic E-state index is 8.36. The van der Waals surface area contributed by atoms with Crippen molar-refractivity contribution in [1.29, 1.82) is 0 Å². The second-order valence-electron chi connectivity index (χ2n) is 8.57. The number of aromatic nitrogens is 2. The van der Waals surface area contributed by atoms with E-state index < -0.39 is 0 Å². The zero-order valence-corrected chi connectivity index (χ0v) is 19.5. The zero-order chi connectivity index (χ0) is 23.4. The number of fused-ring (bicyclic) bond motifs is 1. The minimum atomic E-state index is -0.250. The molecule has 1 aromatic heterocycles. The topological polar surface area (TPSA) is 122 Å². The van der Waals surface area contributed by atoms with E-state index in [4.69, 9.17) is 29.8 Å². The molecule has 10 heteroatoms. The number of nitrogens with one attached hydrogen (secondary N) is 1. The molecule has 0 amide bonds. The van der Waals surface area contributed by atoms with Gasteiger partial charge in [-0.3, -0.25) is 14.5 Å². The van der Waals surface area contributed by atoms with Crippen molar-refractivity contribution in [1.82, 2.24) is 19.8 Å². The highest BCUT2D eigenvalue weighted by molar-refractivity contribution is 5.52. The summed E-state index contributed by atoms with van der Waals surface area (Å²) in [6, 6.07) is 0. The lowest BCUT2D eigenvalue weighted by Gasteiger charge is -2.43. The molecule has 0 unspecified atom stereocenters. The van der Waals surface area contributed by atoms with Crippen LogP contribution in [0.4, 0.5) is 11.8 Å². The highest BCUT2D eigenvalue weighted by atomic mass is 16.3. The molecule has 1 aromatic rings. The molecule has 1 saturated heterocycles. The summed E-state index contributed by atoms with van der Waals surface area (Å²) in [5.74, 6) is 1.87. The molecule has 0 spiro atoms. The third-order valence-corrected chi connectivity index (χ3v) is 5.62. The van der Waals surface area contributed by atoms with E-state index in [0.717, 1.165) is 57.3 Å². The molecule has 0 aromatic carbocycles. The molecule has 2 heterocycles. The van der Waals surface area contributed by atoms with E-state index in [-0.39, 0.29) is 18.5 Å². The summed E-state index contributed by atoms with van der Waals surface area (Å²) in [6.45, 7) is 9.66. The average molecular weight is 439 g/mol. The third-order valence-electron chi connectivity index (χ3n) is 5.62. The van der Waals surface area contributed by atoms with Crippen LogP contribution < -0.4 is 10.2 Å². The smallest absolute Gasteiger partial charge is 0.290 e. The first-order valence-electron chi connectivity index (χ1n) is 10.6. The summed E-state index contributed by atoms with van der Waals surface area (Å²) in [4.78, 5) is 33.3. The van der Waals surface area contributed by atoms with Gasteiger partial charge in [-0.25, -0.2) is 4.98 Å². The SMILES string of the molecule is CN1CCN(C(C)(C)CNc2nc(N(C)C)nc3c2CCCC3)CC1.O=CO.O=CO. The Bertz CT molecular complexity index is 685. The lowest BCUT2D eigenvalue weighted by atomic mass is 9.96. The molecule has 3 rings (SSSR count). The van der Waals surface area contributed by atoms with Crippen LogP contribution in [-0.2, 0) is 22.4 Å². The zero-order valence-electron chi connectivity index (χ0n) is 19.5. The predicted octanol–water partition coefficient (Wildman–Crippen LogP) is 1.26. The van der Waals surface area contributed by atoms with E-state index in [2.05, 4.69) is 36.0 Å². The van der Waals surface area contributed by atoms with Crippen molar-refractivity contribution in [3.63, 3.8) is 0 Å². The Morgan fingerprint density at radius 3 is 2.13 bits per heavy atom. The third kappa shape index (κ3) is 8.29. The fourth-order valence-electron chi connectivity index (χ4n) is 3.75. The molecular weight excluding hydrogens is 400 g/mol. The molecule has 1 fully saturated rings. The lowest BCUT2D eigenvalue weighted by molar-refractivity contribution is -0.123. The van der Waals surface area contributed by atoms with E-state index in [0.29, 0.717) is 0 Å².